The van der Waals surface area contributed by atoms with E-state index in [0.717, 1.165) is 5.25 Å². The zero-order valence-electron chi connectivity index (χ0n) is 20.3. The second-order valence-corrected chi connectivity index (χ2v) is 14.2. The van der Waals surface area contributed by atoms with Crippen molar-refractivity contribution in [3.8, 4) is 0 Å². The smallest absolute Gasteiger partial charge is 0.460 e. The Morgan fingerprint density at radius 1 is 0.744 bits per heavy atom. The van der Waals surface area contributed by atoms with Crippen LogP contribution in [0.5, 0.6) is 0 Å². The third kappa shape index (κ3) is 6.61. The Kier molecular flexibility index (Phi) is 9.81. The molecule has 39 heavy (non-hydrogen) atoms. The van der Waals surface area contributed by atoms with Gasteiger partial charge in [0.25, 0.3) is 0 Å². The van der Waals surface area contributed by atoms with Gasteiger partial charge in [0.2, 0.25) is 0 Å². The van der Waals surface area contributed by atoms with Crippen LogP contribution < -0.4 is 0 Å². The van der Waals surface area contributed by atoms with E-state index >= 15 is 0 Å². The molecule has 1 aliphatic carbocycles. The highest BCUT2D eigenvalue weighted by Crippen LogP contribution is 2.54. The van der Waals surface area contributed by atoms with Crippen LogP contribution >= 0.6 is 11.8 Å². The lowest BCUT2D eigenvalue weighted by Crippen LogP contribution is -2.63. The van der Waals surface area contributed by atoms with Crippen molar-refractivity contribution < 1.29 is 52.5 Å². The van der Waals surface area contributed by atoms with Gasteiger partial charge < -0.3 is 4.55 Å². The van der Waals surface area contributed by atoms with Crippen molar-refractivity contribution in [3.63, 3.8) is 0 Å². The summed E-state index contributed by atoms with van der Waals surface area (Å²) in [7, 11) is -6.91. The van der Waals surface area contributed by atoms with E-state index in [0.29, 0.717) is 10.9 Å². The summed E-state index contributed by atoms with van der Waals surface area (Å²) in [4.78, 5) is 3.16. The van der Waals surface area contributed by atoms with Crippen molar-refractivity contribution in [3.05, 3.63) is 36.4 Å². The van der Waals surface area contributed by atoms with Gasteiger partial charge in [-0.25, -0.2) is 8.42 Å². The summed E-state index contributed by atoms with van der Waals surface area (Å²) in [5, 5.41) is -3.22. The van der Waals surface area contributed by atoms with Gasteiger partial charge in [-0.15, -0.1) is 11.8 Å². The number of fused-ring (bicyclic) bond motifs is 1. The molecule has 0 amide bonds. The summed E-state index contributed by atoms with van der Waals surface area (Å²) in [6.45, 7) is 0. The number of alkyl halides is 9. The van der Waals surface area contributed by atoms with Gasteiger partial charge in [-0.1, -0.05) is 37.5 Å². The Labute approximate surface area is 227 Å². The Bertz CT molecular complexity index is 1240. The predicted molar refractivity (Wildman–Crippen MR) is 132 cm³/mol. The molecular formula is C24H25F9O3S3. The zero-order chi connectivity index (χ0) is 29.3. The first kappa shape index (κ1) is 32.2. The molecule has 1 heterocycles. The third-order valence-electron chi connectivity index (χ3n) is 6.46. The fourth-order valence-corrected chi connectivity index (χ4v) is 8.67. The standard InChI is InChI=1S/C20H25S2.C4HF9O3S/c1-2-8-16(9-3-1)21-19-12-13-20(22-14-6-7-15-22)18-11-5-4-10-17(18)19;5-1(6,3(9,10)11)2(7,8)4(12,13)17(14,15)16/h4-5,10-13,16H,1-3,6-9,14-15H2;(H,14,15,16)/q+1;/p-1. The number of halogens is 9. The number of rotatable bonds is 6. The van der Waals surface area contributed by atoms with Crippen molar-refractivity contribution in [1.82, 2.24) is 0 Å². The number of thioether (sulfide) groups is 1. The summed E-state index contributed by atoms with van der Waals surface area (Å²) in [6, 6.07) is 14.0. The van der Waals surface area contributed by atoms with Gasteiger partial charge in [0.1, 0.15) is 11.5 Å². The quantitative estimate of drug-likeness (QED) is 0.185. The van der Waals surface area contributed by atoms with E-state index in [2.05, 4.69) is 48.2 Å². The normalized spacial score (nSPS) is 18.7. The van der Waals surface area contributed by atoms with Gasteiger partial charge in [0.15, 0.2) is 15.0 Å². The SMILES string of the molecule is O=S(=O)([O-])C(F)(F)C(F)(F)C(F)(F)C(F)(F)F.c1ccc2c([S+]3CCCC3)ccc(SC3CCCCC3)c2c1. The molecule has 0 N–H and O–H groups in total. The number of hydrogen-bond acceptors (Lipinski definition) is 4. The number of benzene rings is 2. The van der Waals surface area contributed by atoms with Gasteiger partial charge in [-0.05, 0) is 43.9 Å². The fraction of sp³-hybridized carbons (Fsp3) is 0.583. The molecule has 0 spiro atoms. The molecule has 220 valence electrons. The van der Waals surface area contributed by atoms with Crippen molar-refractivity contribution in [1.29, 1.82) is 0 Å². The van der Waals surface area contributed by atoms with E-state index in [4.69, 9.17) is 0 Å². The van der Waals surface area contributed by atoms with Crippen LogP contribution in [0, 0.1) is 0 Å². The van der Waals surface area contributed by atoms with Gasteiger partial charge in [0, 0.05) is 31.8 Å². The molecule has 2 aromatic rings. The summed E-state index contributed by atoms with van der Waals surface area (Å²) in [5.74, 6) is -12.0. The van der Waals surface area contributed by atoms with Gasteiger partial charge in [0.05, 0.1) is 0 Å². The van der Waals surface area contributed by atoms with Crippen LogP contribution in [0.4, 0.5) is 39.5 Å². The Morgan fingerprint density at radius 3 is 1.79 bits per heavy atom. The maximum Gasteiger partial charge on any atom is 0.460 e. The van der Waals surface area contributed by atoms with Gasteiger partial charge >= 0.3 is 23.3 Å². The highest BCUT2D eigenvalue weighted by Gasteiger charge is 2.83. The van der Waals surface area contributed by atoms with E-state index in [1.165, 1.54) is 72.1 Å². The van der Waals surface area contributed by atoms with Crippen molar-refractivity contribution >= 4 is 43.5 Å². The van der Waals surface area contributed by atoms with Gasteiger partial charge in [-0.3, -0.25) is 0 Å². The first-order valence-electron chi connectivity index (χ1n) is 11.9. The molecule has 1 saturated heterocycles. The molecule has 0 bridgehead atoms. The van der Waals surface area contributed by atoms with Crippen LogP contribution in [-0.2, 0) is 21.0 Å². The molecule has 0 atom stereocenters. The minimum Gasteiger partial charge on any atom is -0.743 e. The Balaban J connectivity index is 0.000000225. The zero-order valence-corrected chi connectivity index (χ0v) is 22.7. The van der Waals surface area contributed by atoms with Crippen LogP contribution in [0.3, 0.4) is 0 Å². The molecular weight excluding hydrogens is 603 g/mol. The largest absolute Gasteiger partial charge is 0.743 e. The lowest BCUT2D eigenvalue weighted by molar-refractivity contribution is -0.382. The maximum atomic E-state index is 12.2. The van der Waals surface area contributed by atoms with Crippen LogP contribution in [0.2, 0.25) is 0 Å². The molecule has 3 nitrogen and oxygen atoms in total. The molecule has 0 radical (unpaired) electrons. The maximum absolute atomic E-state index is 12.2. The second-order valence-electron chi connectivity index (χ2n) is 9.21. The van der Waals surface area contributed by atoms with E-state index in [9.17, 15) is 52.5 Å². The molecule has 1 aliphatic heterocycles. The summed E-state index contributed by atoms with van der Waals surface area (Å²) >= 11 is 2.15. The van der Waals surface area contributed by atoms with Gasteiger partial charge in [-0.2, -0.15) is 39.5 Å². The van der Waals surface area contributed by atoms with Crippen LogP contribution in [-0.4, -0.2) is 53.0 Å². The molecule has 2 aromatic carbocycles. The number of hydrogen-bond donors (Lipinski definition) is 0. The van der Waals surface area contributed by atoms with Crippen molar-refractivity contribution in [2.24, 2.45) is 0 Å². The Hall–Kier alpha value is -1.32. The fourth-order valence-electron chi connectivity index (χ4n) is 4.35. The monoisotopic (exact) mass is 628 g/mol. The molecule has 2 aliphatic rings. The third-order valence-corrected chi connectivity index (χ3v) is 11.3. The lowest BCUT2D eigenvalue weighted by Gasteiger charge is -2.34. The first-order valence-corrected chi connectivity index (χ1v) is 15.8. The minimum atomic E-state index is -7.43. The van der Waals surface area contributed by atoms with E-state index in [-0.39, 0.29) is 0 Å². The average Bonchev–Trinajstić information content (AvgIpc) is 3.38. The lowest BCUT2D eigenvalue weighted by atomic mass is 10.0. The summed E-state index contributed by atoms with van der Waals surface area (Å²) in [5.41, 5.74) is 0. The van der Waals surface area contributed by atoms with E-state index < -0.39 is 33.4 Å². The van der Waals surface area contributed by atoms with Crippen molar-refractivity contribution in [2.75, 3.05) is 11.5 Å². The van der Waals surface area contributed by atoms with Crippen LogP contribution in [0.1, 0.15) is 44.9 Å². The van der Waals surface area contributed by atoms with Crippen molar-refractivity contribution in [2.45, 2.75) is 83.3 Å². The second kappa shape index (κ2) is 11.9. The summed E-state index contributed by atoms with van der Waals surface area (Å²) in [6.07, 6.45) is 2.81. The van der Waals surface area contributed by atoms with Crippen LogP contribution in [0.25, 0.3) is 10.8 Å². The molecule has 0 aromatic heterocycles. The van der Waals surface area contributed by atoms with E-state index in [1.807, 2.05) is 0 Å². The first-order chi connectivity index (χ1) is 17.9. The highest BCUT2D eigenvalue weighted by molar-refractivity contribution is 8.00. The molecule has 0 unspecified atom stereocenters. The predicted octanol–water partition coefficient (Wildman–Crippen LogP) is 7.99. The molecule has 2 fully saturated rings. The van der Waals surface area contributed by atoms with Crippen LogP contribution in [0.15, 0.2) is 46.2 Å². The molecule has 15 heteroatoms. The Morgan fingerprint density at radius 2 is 1.28 bits per heavy atom. The summed E-state index contributed by atoms with van der Waals surface area (Å²) < 4.78 is 135. The molecule has 1 saturated carbocycles. The molecule has 4 rings (SSSR count). The highest BCUT2D eigenvalue weighted by atomic mass is 32.2. The van der Waals surface area contributed by atoms with E-state index in [1.54, 1.807) is 4.90 Å². The topological polar surface area (TPSA) is 57.2 Å². The minimum absolute atomic E-state index is 0.511. The average molecular weight is 629 g/mol.